The van der Waals surface area contributed by atoms with Crippen LogP contribution in [-0.2, 0) is 4.74 Å². The number of carbonyl (C=O) groups is 1. The number of halogens is 2. The molecular weight excluding hydrogens is 256 g/mol. The summed E-state index contributed by atoms with van der Waals surface area (Å²) >= 11 is 0. The first kappa shape index (κ1) is 15.3. The molecule has 0 saturated heterocycles. The molecule has 5 nitrogen and oxygen atoms in total. The maximum Gasteiger partial charge on any atom is 0.407 e. The highest BCUT2D eigenvalue weighted by Crippen LogP contribution is 2.13. The maximum atomic E-state index is 13.4. The second kappa shape index (κ2) is 5.92. The van der Waals surface area contributed by atoms with E-state index in [2.05, 4.69) is 10.3 Å². The van der Waals surface area contributed by atoms with E-state index in [1.165, 1.54) is 0 Å². The van der Waals surface area contributed by atoms with Gasteiger partial charge in [-0.25, -0.2) is 13.6 Å². The Bertz CT molecular complexity index is 461. The molecule has 1 aromatic rings. The Hall–Kier alpha value is -1.76. The van der Waals surface area contributed by atoms with Gasteiger partial charge >= 0.3 is 6.09 Å². The highest BCUT2D eigenvalue weighted by molar-refractivity contribution is 5.67. The van der Waals surface area contributed by atoms with Crippen molar-refractivity contribution in [2.45, 2.75) is 32.4 Å². The number of alkyl carbamates (subject to hydrolysis) is 1. The summed E-state index contributed by atoms with van der Waals surface area (Å²) in [6, 6.07) is -0.191. The van der Waals surface area contributed by atoms with E-state index in [-0.39, 0.29) is 12.2 Å². The summed E-state index contributed by atoms with van der Waals surface area (Å²) in [5.41, 5.74) is 4.92. The molecule has 0 aromatic carbocycles. The molecule has 1 rings (SSSR count). The summed E-state index contributed by atoms with van der Waals surface area (Å²) in [5.74, 6) is -1.63. The minimum absolute atomic E-state index is 0.0650. The van der Waals surface area contributed by atoms with E-state index in [9.17, 15) is 13.6 Å². The molecule has 0 fully saturated rings. The van der Waals surface area contributed by atoms with Gasteiger partial charge in [0.15, 0.2) is 0 Å². The van der Waals surface area contributed by atoms with Crippen molar-refractivity contribution in [3.8, 4) is 0 Å². The molecule has 0 radical (unpaired) electrons. The summed E-state index contributed by atoms with van der Waals surface area (Å²) in [4.78, 5) is 14.9. The van der Waals surface area contributed by atoms with E-state index in [4.69, 9.17) is 10.5 Å². The van der Waals surface area contributed by atoms with Gasteiger partial charge in [-0.05, 0) is 20.8 Å². The number of nitrogens with two attached hydrogens (primary N) is 1. The Morgan fingerprint density at radius 1 is 1.53 bits per heavy atom. The van der Waals surface area contributed by atoms with Gasteiger partial charge < -0.3 is 15.8 Å². The second-order valence-corrected chi connectivity index (χ2v) is 5.01. The normalized spacial score (nSPS) is 12.9. The zero-order valence-corrected chi connectivity index (χ0v) is 11.0. The van der Waals surface area contributed by atoms with Crippen molar-refractivity contribution in [2.24, 2.45) is 5.73 Å². The van der Waals surface area contributed by atoms with Crippen LogP contribution in [0, 0.1) is 11.6 Å². The van der Waals surface area contributed by atoms with Gasteiger partial charge in [0.2, 0.25) is 0 Å². The average molecular weight is 273 g/mol. The van der Waals surface area contributed by atoms with Crippen molar-refractivity contribution >= 4 is 6.09 Å². The number of nitrogens with one attached hydrogen (secondary N) is 1. The molecule has 1 aromatic heterocycles. The highest BCUT2D eigenvalue weighted by Gasteiger charge is 2.18. The van der Waals surface area contributed by atoms with Gasteiger partial charge in [0, 0.05) is 12.6 Å². The predicted octanol–water partition coefficient (Wildman–Crippen LogP) is 1.88. The number of pyridine rings is 1. The highest BCUT2D eigenvalue weighted by atomic mass is 19.1. The molecule has 0 aliphatic heterocycles. The Kier molecular flexibility index (Phi) is 4.77. The van der Waals surface area contributed by atoms with Crippen molar-refractivity contribution in [2.75, 3.05) is 6.54 Å². The first-order chi connectivity index (χ1) is 8.69. The fourth-order valence-electron chi connectivity index (χ4n) is 1.30. The molecule has 1 atom stereocenters. The van der Waals surface area contributed by atoms with Gasteiger partial charge in [0.1, 0.15) is 17.2 Å². The lowest BCUT2D eigenvalue weighted by atomic mass is 10.2. The van der Waals surface area contributed by atoms with Gasteiger partial charge in [-0.1, -0.05) is 0 Å². The lowest BCUT2D eigenvalue weighted by molar-refractivity contribution is 0.0524. The quantitative estimate of drug-likeness (QED) is 0.881. The van der Waals surface area contributed by atoms with Crippen LogP contribution in [0.2, 0.25) is 0 Å². The average Bonchev–Trinajstić information content (AvgIpc) is 2.23. The van der Waals surface area contributed by atoms with E-state index in [1.54, 1.807) is 20.8 Å². The lowest BCUT2D eigenvalue weighted by Crippen LogP contribution is -2.37. The maximum absolute atomic E-state index is 13.4. The third-order valence-corrected chi connectivity index (χ3v) is 2.05. The predicted molar refractivity (Wildman–Crippen MR) is 65.3 cm³/mol. The molecule has 1 unspecified atom stereocenters. The van der Waals surface area contributed by atoms with E-state index in [0.717, 1.165) is 6.20 Å². The van der Waals surface area contributed by atoms with Gasteiger partial charge in [0.05, 0.1) is 17.9 Å². The molecular formula is C12H17F2N3O2. The topological polar surface area (TPSA) is 77.2 Å². The molecule has 0 bridgehead atoms. The van der Waals surface area contributed by atoms with Crippen LogP contribution in [0.15, 0.2) is 12.3 Å². The number of rotatable bonds is 3. The van der Waals surface area contributed by atoms with Crippen molar-refractivity contribution < 1.29 is 18.3 Å². The molecule has 3 N–H and O–H groups in total. The van der Waals surface area contributed by atoms with Crippen LogP contribution >= 0.6 is 0 Å². The molecule has 1 heterocycles. The van der Waals surface area contributed by atoms with Crippen LogP contribution < -0.4 is 11.1 Å². The van der Waals surface area contributed by atoms with Gasteiger partial charge in [-0.3, -0.25) is 4.98 Å². The Morgan fingerprint density at radius 3 is 2.68 bits per heavy atom. The zero-order chi connectivity index (χ0) is 14.6. The zero-order valence-electron chi connectivity index (χ0n) is 11.0. The van der Waals surface area contributed by atoms with Crippen LogP contribution in [0.1, 0.15) is 32.5 Å². The first-order valence-corrected chi connectivity index (χ1v) is 5.72. The fraction of sp³-hybridized carbons (Fsp3) is 0.500. The van der Waals surface area contributed by atoms with Gasteiger partial charge in [0.25, 0.3) is 0 Å². The van der Waals surface area contributed by atoms with E-state index >= 15 is 0 Å². The number of carbonyl (C=O) groups excluding carboxylic acids is 1. The number of ether oxygens (including phenoxy) is 1. The molecule has 1 amide bonds. The van der Waals surface area contributed by atoms with Crippen LogP contribution in [0.5, 0.6) is 0 Å². The van der Waals surface area contributed by atoms with Crippen LogP contribution in [0.25, 0.3) is 0 Å². The number of nitrogens with zero attached hydrogens (tertiary/aromatic N) is 1. The smallest absolute Gasteiger partial charge is 0.407 e. The molecule has 0 spiro atoms. The van der Waals surface area contributed by atoms with Gasteiger partial charge in [-0.2, -0.15) is 0 Å². The standard InChI is InChI=1S/C12H17F2N3O2/c1-12(2,3)19-11(18)17-6-9(15)10-8(14)4-7(13)5-16-10/h4-5,9H,6,15H2,1-3H3,(H,17,18). The van der Waals surface area contributed by atoms with Crippen LogP contribution in [-0.4, -0.2) is 23.2 Å². The molecule has 19 heavy (non-hydrogen) atoms. The van der Waals surface area contributed by atoms with E-state index < -0.39 is 29.4 Å². The molecule has 106 valence electrons. The van der Waals surface area contributed by atoms with E-state index in [1.807, 2.05) is 0 Å². The Morgan fingerprint density at radius 2 is 2.16 bits per heavy atom. The van der Waals surface area contributed by atoms with Crippen molar-refractivity contribution in [3.05, 3.63) is 29.6 Å². The van der Waals surface area contributed by atoms with Crippen LogP contribution in [0.3, 0.4) is 0 Å². The summed E-state index contributed by atoms with van der Waals surface area (Å²) in [7, 11) is 0. The Balaban J connectivity index is 2.56. The van der Waals surface area contributed by atoms with Crippen molar-refractivity contribution in [1.29, 1.82) is 0 Å². The third kappa shape index (κ3) is 5.17. The number of amides is 1. The first-order valence-electron chi connectivity index (χ1n) is 5.72. The Labute approximate surface area is 110 Å². The molecule has 0 aliphatic carbocycles. The summed E-state index contributed by atoms with van der Waals surface area (Å²) in [5, 5.41) is 2.39. The van der Waals surface area contributed by atoms with Crippen LogP contribution in [0.4, 0.5) is 13.6 Å². The lowest BCUT2D eigenvalue weighted by Gasteiger charge is -2.20. The molecule has 0 aliphatic rings. The van der Waals surface area contributed by atoms with Crippen molar-refractivity contribution in [1.82, 2.24) is 10.3 Å². The summed E-state index contributed by atoms with van der Waals surface area (Å²) in [6.07, 6.45) is 0.205. The summed E-state index contributed by atoms with van der Waals surface area (Å²) < 4.78 is 31.0. The molecule has 7 heteroatoms. The van der Waals surface area contributed by atoms with E-state index in [0.29, 0.717) is 6.07 Å². The number of aromatic nitrogens is 1. The molecule has 0 saturated carbocycles. The summed E-state index contributed by atoms with van der Waals surface area (Å²) in [6.45, 7) is 5.08. The largest absolute Gasteiger partial charge is 0.444 e. The second-order valence-electron chi connectivity index (χ2n) is 5.01. The SMILES string of the molecule is CC(C)(C)OC(=O)NCC(N)c1ncc(F)cc1F. The monoisotopic (exact) mass is 273 g/mol. The minimum Gasteiger partial charge on any atom is -0.444 e. The number of hydrogen-bond acceptors (Lipinski definition) is 4. The third-order valence-electron chi connectivity index (χ3n) is 2.05. The number of hydrogen-bond donors (Lipinski definition) is 2. The fourth-order valence-corrected chi connectivity index (χ4v) is 1.30. The minimum atomic E-state index is -0.881. The van der Waals surface area contributed by atoms with Gasteiger partial charge in [-0.15, -0.1) is 0 Å². The van der Waals surface area contributed by atoms with Crippen molar-refractivity contribution in [3.63, 3.8) is 0 Å².